The van der Waals surface area contributed by atoms with Crippen LogP contribution in [0.1, 0.15) is 0 Å². The van der Waals surface area contributed by atoms with Crippen LogP contribution in [-0.2, 0) is 0 Å². The van der Waals surface area contributed by atoms with Crippen LogP contribution in [0.2, 0.25) is 0 Å². The first-order valence-corrected chi connectivity index (χ1v) is 17.4. The third kappa shape index (κ3) is 4.22. The maximum Gasteiger partial charge on any atom is 0.0788 e. The van der Waals surface area contributed by atoms with Crippen molar-refractivity contribution in [2.45, 2.75) is 9.79 Å². The molecule has 0 spiro atoms. The van der Waals surface area contributed by atoms with E-state index in [0.29, 0.717) is 0 Å². The van der Waals surface area contributed by atoms with Crippen molar-refractivity contribution in [2.24, 2.45) is 0 Å². The largest absolute Gasteiger partial charge is 0.308 e. The summed E-state index contributed by atoms with van der Waals surface area (Å²) in [5.74, 6) is 0. The van der Waals surface area contributed by atoms with E-state index in [1.807, 2.05) is 23.1 Å². The van der Waals surface area contributed by atoms with Crippen LogP contribution in [0.15, 0.2) is 168 Å². The number of pyridine rings is 1. The molecule has 0 atom stereocenters. The maximum atomic E-state index is 5.16. The first kappa shape index (κ1) is 26.8. The molecule has 220 valence electrons. The lowest BCUT2D eigenvalue weighted by molar-refractivity contribution is 1.17. The Morgan fingerprint density at radius 2 is 1.15 bits per heavy atom. The minimum atomic E-state index is 1.03. The van der Waals surface area contributed by atoms with Crippen molar-refractivity contribution in [3.05, 3.63) is 158 Å². The summed E-state index contributed by atoms with van der Waals surface area (Å²) >= 11 is 3.73. The van der Waals surface area contributed by atoms with Gasteiger partial charge in [0, 0.05) is 57.4 Å². The number of hydrogen-bond acceptors (Lipinski definition) is 4. The monoisotopic (exact) mass is 634 g/mol. The smallest absolute Gasteiger partial charge is 0.0788 e. The molecular formula is C43H26N2S2. The molecule has 0 N–H and O–H groups in total. The van der Waals surface area contributed by atoms with Crippen molar-refractivity contribution in [3.8, 4) is 22.4 Å². The highest BCUT2D eigenvalue weighted by atomic mass is 32.2. The van der Waals surface area contributed by atoms with Gasteiger partial charge in [-0.15, -0.1) is 11.3 Å². The summed E-state index contributed by atoms with van der Waals surface area (Å²) in [6, 6.07) is 57.0. The van der Waals surface area contributed by atoms with Crippen molar-refractivity contribution >= 4 is 82.0 Å². The van der Waals surface area contributed by atoms with Crippen LogP contribution in [0.3, 0.4) is 0 Å². The van der Waals surface area contributed by atoms with Gasteiger partial charge in [0.05, 0.1) is 22.6 Å². The molecule has 47 heavy (non-hydrogen) atoms. The normalized spacial score (nSPS) is 12.6. The van der Waals surface area contributed by atoms with Gasteiger partial charge in [-0.05, 0) is 65.7 Å². The Balaban J connectivity index is 1.15. The van der Waals surface area contributed by atoms with Crippen molar-refractivity contribution in [3.63, 3.8) is 0 Å². The summed E-state index contributed by atoms with van der Waals surface area (Å²) in [4.78, 5) is 10.1. The van der Waals surface area contributed by atoms with Gasteiger partial charge in [0.15, 0.2) is 0 Å². The quantitative estimate of drug-likeness (QED) is 0.180. The zero-order chi connectivity index (χ0) is 30.9. The maximum absolute atomic E-state index is 5.16. The summed E-state index contributed by atoms with van der Waals surface area (Å²) < 4.78 is 2.61. The molecule has 9 aromatic rings. The van der Waals surface area contributed by atoms with E-state index >= 15 is 0 Å². The van der Waals surface area contributed by atoms with Gasteiger partial charge in [0.1, 0.15) is 0 Å². The zero-order valence-corrected chi connectivity index (χ0v) is 26.9. The predicted octanol–water partition coefficient (Wildman–Crippen LogP) is 13.0. The number of benzene rings is 7. The number of anilines is 3. The van der Waals surface area contributed by atoms with E-state index in [1.54, 1.807) is 0 Å². The molecule has 0 saturated heterocycles. The lowest BCUT2D eigenvalue weighted by Gasteiger charge is -2.33. The fourth-order valence-electron chi connectivity index (χ4n) is 7.07. The molecule has 0 radical (unpaired) electrons. The molecule has 1 aliphatic heterocycles. The number of para-hydroxylation sites is 3. The van der Waals surface area contributed by atoms with Crippen molar-refractivity contribution in [2.75, 3.05) is 4.90 Å². The van der Waals surface area contributed by atoms with Crippen LogP contribution in [-0.4, -0.2) is 4.98 Å². The van der Waals surface area contributed by atoms with Gasteiger partial charge in [-0.1, -0.05) is 115 Å². The van der Waals surface area contributed by atoms with Crippen LogP contribution in [0.5, 0.6) is 0 Å². The van der Waals surface area contributed by atoms with E-state index in [0.717, 1.165) is 22.5 Å². The fourth-order valence-corrected chi connectivity index (χ4v) is 9.37. The molecule has 1 aliphatic rings. The minimum Gasteiger partial charge on any atom is -0.308 e. The second-order valence-corrected chi connectivity index (χ2v) is 14.1. The fraction of sp³-hybridized carbons (Fsp3) is 0. The highest BCUT2D eigenvalue weighted by Gasteiger charge is 2.24. The topological polar surface area (TPSA) is 16.1 Å². The second kappa shape index (κ2) is 10.6. The first-order chi connectivity index (χ1) is 23.3. The second-order valence-electron chi connectivity index (χ2n) is 11.9. The number of nitrogens with zero attached hydrogens (tertiary/aromatic N) is 2. The number of thiophene rings is 1. The highest BCUT2D eigenvalue weighted by Crippen LogP contribution is 2.51. The van der Waals surface area contributed by atoms with E-state index in [2.05, 4.69) is 163 Å². The molecule has 4 heteroatoms. The molecule has 2 aromatic heterocycles. The summed E-state index contributed by atoms with van der Waals surface area (Å²) in [6.45, 7) is 0. The third-order valence-corrected chi connectivity index (χ3v) is 11.6. The van der Waals surface area contributed by atoms with Crippen LogP contribution in [0.25, 0.3) is 64.2 Å². The number of fused-ring (bicyclic) bond motifs is 9. The molecule has 3 heterocycles. The summed E-state index contributed by atoms with van der Waals surface area (Å²) in [7, 11) is 0. The number of hydrogen-bond donors (Lipinski definition) is 0. The summed E-state index contributed by atoms with van der Waals surface area (Å²) in [5, 5.41) is 6.27. The van der Waals surface area contributed by atoms with E-state index in [1.165, 1.54) is 68.6 Å². The molecule has 0 bridgehead atoms. The Labute approximate surface area is 280 Å². The average Bonchev–Trinajstić information content (AvgIpc) is 3.52. The van der Waals surface area contributed by atoms with Gasteiger partial charge in [0.25, 0.3) is 0 Å². The Morgan fingerprint density at radius 3 is 1.98 bits per heavy atom. The van der Waals surface area contributed by atoms with Crippen molar-refractivity contribution < 1.29 is 0 Å². The van der Waals surface area contributed by atoms with Crippen molar-refractivity contribution in [1.29, 1.82) is 0 Å². The summed E-state index contributed by atoms with van der Waals surface area (Å²) in [6.07, 6.45) is 0. The number of rotatable bonds is 3. The molecular weight excluding hydrogens is 609 g/mol. The lowest BCUT2D eigenvalue weighted by atomic mass is 9.97. The average molecular weight is 635 g/mol. The molecule has 0 fully saturated rings. The Bertz CT molecular complexity index is 2630. The first-order valence-electron chi connectivity index (χ1n) is 15.8. The Hall–Kier alpha value is -5.42. The van der Waals surface area contributed by atoms with Gasteiger partial charge in [-0.3, -0.25) is 0 Å². The SMILES string of the molecule is c1ccc(-c2nc3ccccc3c3c2ccc2c4cc(-c5cccc(N6c7ccccc7Sc7ccccc76)c5)ccc4sc23)cc1. The van der Waals surface area contributed by atoms with Gasteiger partial charge < -0.3 is 4.90 Å². The van der Waals surface area contributed by atoms with Gasteiger partial charge >= 0.3 is 0 Å². The zero-order valence-electron chi connectivity index (χ0n) is 25.2. The predicted molar refractivity (Wildman–Crippen MR) is 202 cm³/mol. The van der Waals surface area contributed by atoms with Crippen LogP contribution in [0, 0.1) is 0 Å². The highest BCUT2D eigenvalue weighted by molar-refractivity contribution is 7.99. The van der Waals surface area contributed by atoms with E-state index in [-0.39, 0.29) is 0 Å². The van der Waals surface area contributed by atoms with Gasteiger partial charge in [0.2, 0.25) is 0 Å². The van der Waals surface area contributed by atoms with E-state index in [9.17, 15) is 0 Å². The molecule has 0 amide bonds. The third-order valence-electron chi connectivity index (χ3n) is 9.22. The molecule has 10 rings (SSSR count). The molecule has 2 nitrogen and oxygen atoms in total. The molecule has 0 aliphatic carbocycles. The standard InChI is InChI=1S/C43H26N2S2/c1-2-11-27(12-3-1)42-33-23-22-31-34-26-29(21-24-38(34)47-43(31)41(33)32-15-4-5-16-35(32)44-42)28-13-10-14-30(25-28)45-36-17-6-8-19-39(36)46-40-20-9-7-18-37(40)45/h1-26H. The van der Waals surface area contributed by atoms with E-state index in [4.69, 9.17) is 4.98 Å². The minimum absolute atomic E-state index is 1.03. The number of aromatic nitrogens is 1. The van der Waals surface area contributed by atoms with Gasteiger partial charge in [-0.25, -0.2) is 4.98 Å². The molecule has 7 aromatic carbocycles. The van der Waals surface area contributed by atoms with Crippen LogP contribution < -0.4 is 4.90 Å². The Kier molecular flexibility index (Phi) is 6.01. The Morgan fingerprint density at radius 1 is 0.468 bits per heavy atom. The van der Waals surface area contributed by atoms with Crippen molar-refractivity contribution in [1.82, 2.24) is 4.98 Å². The molecule has 0 unspecified atom stereocenters. The van der Waals surface area contributed by atoms with Gasteiger partial charge in [-0.2, -0.15) is 0 Å². The lowest BCUT2D eigenvalue weighted by Crippen LogP contribution is -2.14. The van der Waals surface area contributed by atoms with E-state index < -0.39 is 0 Å². The summed E-state index contributed by atoms with van der Waals surface area (Å²) in [5.41, 5.74) is 9.23. The van der Waals surface area contributed by atoms with Crippen LogP contribution in [0.4, 0.5) is 17.1 Å². The molecule has 0 saturated carbocycles. The van der Waals surface area contributed by atoms with Crippen LogP contribution >= 0.6 is 23.1 Å².